The first-order valence-electron chi connectivity index (χ1n) is 6.60. The normalized spacial score (nSPS) is 11.8. The van der Waals surface area contributed by atoms with E-state index in [-0.39, 0.29) is 0 Å². The molecule has 0 atom stereocenters. The SMILES string of the molecule is CC(C)=CCC/C(C)=C\CCC#C[Si](C)(C)C. The second kappa shape index (κ2) is 8.36. The van der Waals surface area contributed by atoms with Crippen molar-refractivity contribution in [3.8, 4) is 11.5 Å². The van der Waals surface area contributed by atoms with E-state index in [0.717, 1.165) is 12.8 Å². The van der Waals surface area contributed by atoms with Crippen molar-refractivity contribution >= 4 is 8.07 Å². The molecule has 0 aromatic rings. The minimum atomic E-state index is -1.16. The van der Waals surface area contributed by atoms with Crippen molar-refractivity contribution in [3.05, 3.63) is 23.3 Å². The number of unbranched alkanes of at least 4 members (excludes halogenated alkanes) is 1. The molecule has 0 spiro atoms. The van der Waals surface area contributed by atoms with E-state index in [1.165, 1.54) is 24.0 Å². The average molecular weight is 248 g/mol. The molecule has 17 heavy (non-hydrogen) atoms. The smallest absolute Gasteiger partial charge is 0.129 e. The zero-order valence-electron chi connectivity index (χ0n) is 12.5. The Morgan fingerprint density at radius 2 is 1.65 bits per heavy atom. The first-order valence-corrected chi connectivity index (χ1v) is 10.1. The molecule has 0 saturated carbocycles. The third-order valence-corrected chi connectivity index (χ3v) is 3.24. The summed E-state index contributed by atoms with van der Waals surface area (Å²) in [5.74, 6) is 3.31. The summed E-state index contributed by atoms with van der Waals surface area (Å²) in [6, 6.07) is 0. The van der Waals surface area contributed by atoms with Crippen LogP contribution in [0.3, 0.4) is 0 Å². The predicted octanol–water partition coefficient (Wildman–Crippen LogP) is 5.34. The second-order valence-corrected chi connectivity index (χ2v) is 10.7. The topological polar surface area (TPSA) is 0 Å². The summed E-state index contributed by atoms with van der Waals surface area (Å²) in [6.07, 6.45) is 9.14. The van der Waals surface area contributed by atoms with Crippen LogP contribution in [0.15, 0.2) is 23.3 Å². The predicted molar refractivity (Wildman–Crippen MR) is 82.8 cm³/mol. The number of allylic oxidation sites excluding steroid dienone is 4. The lowest BCUT2D eigenvalue weighted by Gasteiger charge is -2.03. The van der Waals surface area contributed by atoms with E-state index in [1.807, 2.05) is 0 Å². The molecule has 0 aromatic heterocycles. The van der Waals surface area contributed by atoms with Gasteiger partial charge in [0.15, 0.2) is 0 Å². The van der Waals surface area contributed by atoms with Crippen molar-refractivity contribution in [1.29, 1.82) is 0 Å². The monoisotopic (exact) mass is 248 g/mol. The van der Waals surface area contributed by atoms with Gasteiger partial charge in [-0.2, -0.15) is 0 Å². The van der Waals surface area contributed by atoms with E-state index in [9.17, 15) is 0 Å². The van der Waals surface area contributed by atoms with Crippen LogP contribution in [-0.4, -0.2) is 8.07 Å². The molecule has 0 aliphatic rings. The summed E-state index contributed by atoms with van der Waals surface area (Å²) in [6.45, 7) is 13.4. The Morgan fingerprint density at radius 1 is 1.00 bits per heavy atom. The fourth-order valence-corrected chi connectivity index (χ4v) is 2.06. The molecule has 0 rings (SSSR count). The van der Waals surface area contributed by atoms with Crippen molar-refractivity contribution in [1.82, 2.24) is 0 Å². The summed E-state index contributed by atoms with van der Waals surface area (Å²) in [5, 5.41) is 0. The van der Waals surface area contributed by atoms with Crippen molar-refractivity contribution < 1.29 is 0 Å². The molecule has 0 radical (unpaired) electrons. The highest BCUT2D eigenvalue weighted by Crippen LogP contribution is 2.08. The fraction of sp³-hybridized carbons (Fsp3) is 0.625. The molecular formula is C16H28Si. The Labute approximate surface area is 109 Å². The van der Waals surface area contributed by atoms with Gasteiger partial charge < -0.3 is 0 Å². The molecule has 0 heterocycles. The maximum Gasteiger partial charge on any atom is 0.129 e. The van der Waals surface area contributed by atoms with Gasteiger partial charge in [0, 0.05) is 6.42 Å². The maximum absolute atomic E-state index is 3.40. The van der Waals surface area contributed by atoms with Crippen LogP contribution in [0.1, 0.15) is 46.5 Å². The van der Waals surface area contributed by atoms with Gasteiger partial charge in [-0.1, -0.05) is 42.9 Å². The van der Waals surface area contributed by atoms with Crippen molar-refractivity contribution in [2.24, 2.45) is 0 Å². The lowest BCUT2D eigenvalue weighted by atomic mass is 10.1. The van der Waals surface area contributed by atoms with E-state index in [0.29, 0.717) is 0 Å². The van der Waals surface area contributed by atoms with Crippen LogP contribution in [0.5, 0.6) is 0 Å². The Hall–Kier alpha value is -0.743. The third-order valence-electron chi connectivity index (χ3n) is 2.32. The van der Waals surface area contributed by atoms with Crippen LogP contribution >= 0.6 is 0 Å². The minimum absolute atomic E-state index is 1.02. The Morgan fingerprint density at radius 3 is 2.18 bits per heavy atom. The molecule has 0 aliphatic carbocycles. The van der Waals surface area contributed by atoms with Crippen LogP contribution in [-0.2, 0) is 0 Å². The largest absolute Gasteiger partial charge is 0.132 e. The van der Waals surface area contributed by atoms with Gasteiger partial charge in [-0.25, -0.2) is 0 Å². The zero-order valence-corrected chi connectivity index (χ0v) is 13.5. The standard InChI is InChI=1S/C16H28Si/c1-15(2)11-10-13-16(3)12-8-7-9-14-17(4,5)6/h11-12H,7-8,10,13H2,1-6H3/b16-12-. The van der Waals surface area contributed by atoms with Gasteiger partial charge in [0.2, 0.25) is 0 Å². The lowest BCUT2D eigenvalue weighted by Crippen LogP contribution is -2.16. The van der Waals surface area contributed by atoms with Crippen molar-refractivity contribution in [2.75, 3.05) is 0 Å². The first kappa shape index (κ1) is 16.3. The molecular weight excluding hydrogens is 220 g/mol. The molecule has 96 valence electrons. The summed E-state index contributed by atoms with van der Waals surface area (Å²) in [5.41, 5.74) is 6.32. The van der Waals surface area contributed by atoms with Gasteiger partial charge in [-0.15, -0.1) is 11.5 Å². The Balaban J connectivity index is 3.84. The Kier molecular flexibility index (Phi) is 8.00. The van der Waals surface area contributed by atoms with Gasteiger partial charge in [0.25, 0.3) is 0 Å². The van der Waals surface area contributed by atoms with Crippen molar-refractivity contribution in [2.45, 2.75) is 66.1 Å². The number of hydrogen-bond acceptors (Lipinski definition) is 0. The van der Waals surface area contributed by atoms with Gasteiger partial charge in [-0.05, 0) is 40.0 Å². The molecule has 0 fully saturated rings. The lowest BCUT2D eigenvalue weighted by molar-refractivity contribution is 0.941. The first-order chi connectivity index (χ1) is 7.81. The maximum atomic E-state index is 3.40. The van der Waals surface area contributed by atoms with Gasteiger partial charge >= 0.3 is 0 Å². The van der Waals surface area contributed by atoms with Crippen LogP contribution in [0.25, 0.3) is 0 Å². The zero-order chi connectivity index (χ0) is 13.3. The minimum Gasteiger partial charge on any atom is -0.132 e. The van der Waals surface area contributed by atoms with Crippen LogP contribution in [0.4, 0.5) is 0 Å². The van der Waals surface area contributed by atoms with E-state index < -0.39 is 8.07 Å². The molecule has 0 saturated heterocycles. The second-order valence-electron chi connectivity index (χ2n) is 5.96. The van der Waals surface area contributed by atoms with Crippen molar-refractivity contribution in [3.63, 3.8) is 0 Å². The quantitative estimate of drug-likeness (QED) is 0.267. The van der Waals surface area contributed by atoms with Crippen LogP contribution in [0.2, 0.25) is 19.6 Å². The molecule has 0 aromatic carbocycles. The molecule has 1 heteroatoms. The highest BCUT2D eigenvalue weighted by atomic mass is 28.3. The summed E-state index contributed by atoms with van der Waals surface area (Å²) >= 11 is 0. The van der Waals surface area contributed by atoms with Gasteiger partial charge in [0.05, 0.1) is 0 Å². The van der Waals surface area contributed by atoms with Gasteiger partial charge in [-0.3, -0.25) is 0 Å². The molecule has 0 bridgehead atoms. The third kappa shape index (κ3) is 13.2. The van der Waals surface area contributed by atoms with E-state index in [1.54, 1.807) is 0 Å². The van der Waals surface area contributed by atoms with Crippen LogP contribution < -0.4 is 0 Å². The summed E-state index contributed by atoms with van der Waals surface area (Å²) in [7, 11) is -1.16. The van der Waals surface area contributed by atoms with Gasteiger partial charge in [0.1, 0.15) is 8.07 Å². The molecule has 0 aliphatic heterocycles. The van der Waals surface area contributed by atoms with E-state index in [2.05, 4.69) is 64.0 Å². The van der Waals surface area contributed by atoms with E-state index in [4.69, 9.17) is 0 Å². The molecule has 0 N–H and O–H groups in total. The summed E-state index contributed by atoms with van der Waals surface area (Å²) in [4.78, 5) is 0. The highest BCUT2D eigenvalue weighted by molar-refractivity contribution is 6.83. The number of hydrogen-bond donors (Lipinski definition) is 0. The summed E-state index contributed by atoms with van der Waals surface area (Å²) < 4.78 is 0. The average Bonchev–Trinajstić information content (AvgIpc) is 2.14. The molecule has 0 amide bonds. The van der Waals surface area contributed by atoms with E-state index >= 15 is 0 Å². The molecule has 0 unspecified atom stereocenters. The van der Waals surface area contributed by atoms with Crippen LogP contribution in [0, 0.1) is 11.5 Å². The highest BCUT2D eigenvalue weighted by Gasteiger charge is 2.06. The Bertz CT molecular complexity index is 325. The molecule has 0 nitrogen and oxygen atoms in total. The number of rotatable bonds is 5. The fourth-order valence-electron chi connectivity index (χ4n) is 1.41.